The molecular weight excluding hydrogens is 412 g/mol. The molecule has 5 N–H and O–H groups in total. The van der Waals surface area contributed by atoms with Crippen molar-refractivity contribution in [2.24, 2.45) is 0 Å². The second-order valence-electron chi connectivity index (χ2n) is 6.09. The molecule has 0 aliphatic carbocycles. The SMILES string of the molecule is CCC(=N)c1cc(Oc2c(O)cc(-n3nc(C#N)c(=O)[nH]c3=O)cc2Cl)ccc1N. The number of ether oxygens (including phenoxy) is 1. The number of nitrogen functional groups attached to an aromatic ring is 1. The number of aromatic hydroxyl groups is 1. The third-order valence-electron chi connectivity index (χ3n) is 4.11. The third-order valence-corrected chi connectivity index (χ3v) is 4.39. The Hall–Kier alpha value is -4.10. The number of anilines is 1. The fourth-order valence-electron chi connectivity index (χ4n) is 2.61. The molecule has 152 valence electrons. The molecule has 10 nitrogen and oxygen atoms in total. The number of phenols is 1. The number of H-pyrrole nitrogens is 1. The summed E-state index contributed by atoms with van der Waals surface area (Å²) in [5, 5.41) is 30.9. The molecule has 0 aliphatic heterocycles. The first kappa shape index (κ1) is 20.6. The Labute approximate surface area is 174 Å². The summed E-state index contributed by atoms with van der Waals surface area (Å²) in [5.41, 5.74) is 4.76. The van der Waals surface area contributed by atoms with E-state index in [2.05, 4.69) is 5.10 Å². The van der Waals surface area contributed by atoms with Crippen LogP contribution in [0.3, 0.4) is 0 Å². The van der Waals surface area contributed by atoms with Gasteiger partial charge in [-0.3, -0.25) is 9.78 Å². The van der Waals surface area contributed by atoms with E-state index in [1.54, 1.807) is 24.3 Å². The second-order valence-corrected chi connectivity index (χ2v) is 6.50. The first-order valence-corrected chi connectivity index (χ1v) is 8.94. The quantitative estimate of drug-likeness (QED) is 0.358. The van der Waals surface area contributed by atoms with Crippen molar-refractivity contribution in [3.63, 3.8) is 0 Å². The summed E-state index contributed by atoms with van der Waals surface area (Å²) < 4.78 is 6.38. The maximum absolute atomic E-state index is 12.0. The lowest BCUT2D eigenvalue weighted by Crippen LogP contribution is -2.33. The van der Waals surface area contributed by atoms with Gasteiger partial charge in [0.2, 0.25) is 5.69 Å². The number of benzene rings is 2. The minimum atomic E-state index is -0.925. The highest BCUT2D eigenvalue weighted by atomic mass is 35.5. The summed E-state index contributed by atoms with van der Waals surface area (Å²) in [4.78, 5) is 25.5. The van der Waals surface area contributed by atoms with Crippen LogP contribution in [0.15, 0.2) is 39.9 Å². The number of aromatic amines is 1. The minimum Gasteiger partial charge on any atom is -0.504 e. The lowest BCUT2D eigenvalue weighted by molar-refractivity contribution is 0.411. The normalized spacial score (nSPS) is 10.4. The van der Waals surface area contributed by atoms with Gasteiger partial charge in [-0.2, -0.15) is 9.94 Å². The summed E-state index contributed by atoms with van der Waals surface area (Å²) in [5.74, 6) is -0.231. The van der Waals surface area contributed by atoms with Gasteiger partial charge in [0.05, 0.1) is 10.7 Å². The summed E-state index contributed by atoms with van der Waals surface area (Å²) in [6.45, 7) is 1.82. The maximum Gasteiger partial charge on any atom is 0.349 e. The lowest BCUT2D eigenvalue weighted by atomic mass is 10.1. The van der Waals surface area contributed by atoms with Gasteiger partial charge >= 0.3 is 5.69 Å². The second kappa shape index (κ2) is 8.10. The first-order chi connectivity index (χ1) is 14.2. The highest BCUT2D eigenvalue weighted by Gasteiger charge is 2.16. The molecule has 0 unspecified atom stereocenters. The Balaban J connectivity index is 2.03. The molecule has 0 aliphatic rings. The molecule has 0 saturated carbocycles. The van der Waals surface area contributed by atoms with Crippen LogP contribution in [-0.2, 0) is 0 Å². The average Bonchev–Trinajstić information content (AvgIpc) is 2.71. The Morgan fingerprint density at radius 3 is 2.77 bits per heavy atom. The molecule has 0 bridgehead atoms. The predicted molar refractivity (Wildman–Crippen MR) is 110 cm³/mol. The zero-order valence-electron chi connectivity index (χ0n) is 15.6. The largest absolute Gasteiger partial charge is 0.504 e. The monoisotopic (exact) mass is 426 g/mol. The minimum absolute atomic E-state index is 0.00774. The van der Waals surface area contributed by atoms with Gasteiger partial charge in [0.15, 0.2) is 11.5 Å². The van der Waals surface area contributed by atoms with Crippen molar-refractivity contribution in [3.8, 4) is 29.0 Å². The van der Waals surface area contributed by atoms with E-state index in [0.29, 0.717) is 23.4 Å². The maximum atomic E-state index is 12.0. The number of hydrogen-bond donors (Lipinski definition) is 4. The number of hydrogen-bond acceptors (Lipinski definition) is 8. The number of nitriles is 1. The molecule has 0 atom stereocenters. The van der Waals surface area contributed by atoms with E-state index in [9.17, 15) is 14.7 Å². The molecule has 0 spiro atoms. The smallest absolute Gasteiger partial charge is 0.349 e. The highest BCUT2D eigenvalue weighted by Crippen LogP contribution is 2.39. The first-order valence-electron chi connectivity index (χ1n) is 8.57. The Morgan fingerprint density at radius 2 is 2.13 bits per heavy atom. The standard InChI is InChI=1S/C19H15ClN6O4/c1-2-13(22)11-7-10(3-4-14(11)23)30-17-12(20)5-9(6-16(17)27)26-19(29)24-18(28)15(8-21)25-26/h3-7,22,27H,2,23H2,1H3,(H,24,28,29). The van der Waals surface area contributed by atoms with Crippen LogP contribution in [-0.4, -0.2) is 25.6 Å². The van der Waals surface area contributed by atoms with Crippen LogP contribution in [0.4, 0.5) is 5.69 Å². The number of phenolic OH excluding ortho intramolecular Hbond substituents is 1. The summed E-state index contributed by atoms with van der Waals surface area (Å²) in [6.07, 6.45) is 0.472. The molecule has 2 aromatic carbocycles. The zero-order chi connectivity index (χ0) is 22.0. The van der Waals surface area contributed by atoms with Crippen molar-refractivity contribution in [3.05, 3.63) is 67.4 Å². The zero-order valence-corrected chi connectivity index (χ0v) is 16.3. The third kappa shape index (κ3) is 3.87. The van der Waals surface area contributed by atoms with Gasteiger partial charge in [0.25, 0.3) is 5.56 Å². The van der Waals surface area contributed by atoms with Crippen LogP contribution in [0, 0.1) is 16.7 Å². The van der Waals surface area contributed by atoms with Gasteiger partial charge in [-0.05, 0) is 30.7 Å². The summed E-state index contributed by atoms with van der Waals surface area (Å²) >= 11 is 6.22. The van der Waals surface area contributed by atoms with E-state index < -0.39 is 22.7 Å². The summed E-state index contributed by atoms with van der Waals surface area (Å²) in [7, 11) is 0. The van der Waals surface area contributed by atoms with E-state index in [1.165, 1.54) is 6.07 Å². The molecule has 1 heterocycles. The van der Waals surface area contributed by atoms with E-state index in [1.807, 2.05) is 11.9 Å². The van der Waals surface area contributed by atoms with Crippen molar-refractivity contribution in [2.45, 2.75) is 13.3 Å². The Kier molecular flexibility index (Phi) is 5.57. The number of nitrogens with zero attached hydrogens (tertiary/aromatic N) is 3. The fourth-order valence-corrected chi connectivity index (χ4v) is 2.85. The lowest BCUT2D eigenvalue weighted by Gasteiger charge is -2.14. The van der Waals surface area contributed by atoms with Gasteiger partial charge in [-0.25, -0.2) is 4.79 Å². The van der Waals surface area contributed by atoms with Crippen LogP contribution < -0.4 is 21.7 Å². The molecule has 3 aromatic rings. The molecular formula is C19H15ClN6O4. The van der Waals surface area contributed by atoms with Crippen molar-refractivity contribution >= 4 is 23.0 Å². The summed E-state index contributed by atoms with van der Waals surface area (Å²) in [6, 6.07) is 8.66. The molecule has 1 aromatic heterocycles. The highest BCUT2D eigenvalue weighted by molar-refractivity contribution is 6.32. The Morgan fingerprint density at radius 1 is 1.40 bits per heavy atom. The van der Waals surface area contributed by atoms with Crippen molar-refractivity contribution in [1.82, 2.24) is 14.8 Å². The Bertz CT molecular complexity index is 1300. The topological polar surface area (TPSA) is 171 Å². The van der Waals surface area contributed by atoms with Crippen LogP contribution in [0.2, 0.25) is 5.02 Å². The van der Waals surface area contributed by atoms with E-state index >= 15 is 0 Å². The number of nitrogens with one attached hydrogen (secondary N) is 2. The van der Waals surface area contributed by atoms with Crippen molar-refractivity contribution in [1.29, 1.82) is 10.7 Å². The molecule has 0 saturated heterocycles. The number of rotatable bonds is 5. The van der Waals surface area contributed by atoms with Crippen molar-refractivity contribution in [2.75, 3.05) is 5.73 Å². The molecule has 0 fully saturated rings. The molecule has 11 heteroatoms. The fraction of sp³-hybridized carbons (Fsp3) is 0.105. The molecule has 0 radical (unpaired) electrons. The van der Waals surface area contributed by atoms with Gasteiger partial charge in [-0.15, -0.1) is 5.10 Å². The van der Waals surface area contributed by atoms with Crippen LogP contribution in [0.25, 0.3) is 5.69 Å². The average molecular weight is 427 g/mol. The number of aromatic nitrogens is 3. The van der Waals surface area contributed by atoms with E-state index in [4.69, 9.17) is 32.7 Å². The van der Waals surface area contributed by atoms with E-state index in [0.717, 1.165) is 10.7 Å². The van der Waals surface area contributed by atoms with Crippen LogP contribution in [0.5, 0.6) is 17.2 Å². The van der Waals surface area contributed by atoms with Gasteiger partial charge < -0.3 is 21.0 Å². The molecule has 3 rings (SSSR count). The van der Waals surface area contributed by atoms with Crippen LogP contribution in [0.1, 0.15) is 24.6 Å². The number of halogens is 1. The number of nitrogens with two attached hydrogens (primary N) is 1. The van der Waals surface area contributed by atoms with Crippen LogP contribution >= 0.6 is 11.6 Å². The molecule has 30 heavy (non-hydrogen) atoms. The van der Waals surface area contributed by atoms with Gasteiger partial charge in [-0.1, -0.05) is 18.5 Å². The van der Waals surface area contributed by atoms with Gasteiger partial charge in [0, 0.05) is 23.0 Å². The van der Waals surface area contributed by atoms with Gasteiger partial charge in [0.1, 0.15) is 11.8 Å². The van der Waals surface area contributed by atoms with Crippen molar-refractivity contribution < 1.29 is 9.84 Å². The molecule has 0 amide bonds. The predicted octanol–water partition coefficient (Wildman–Crippen LogP) is 2.30. The van der Waals surface area contributed by atoms with E-state index in [-0.39, 0.29) is 22.2 Å².